The number of hydrogen-bond donors (Lipinski definition) is 0. The van der Waals surface area contributed by atoms with Crippen molar-refractivity contribution in [2.75, 3.05) is 9.80 Å². The monoisotopic (exact) mass is 891 g/mol. The Morgan fingerprint density at radius 2 is 0.786 bits per heavy atom. The minimum atomic E-state index is -0.598. The third-order valence-corrected chi connectivity index (χ3v) is 14.8. The van der Waals surface area contributed by atoms with Crippen LogP contribution < -0.4 is 9.80 Å². The first-order valence-corrected chi connectivity index (χ1v) is 24.2. The zero-order valence-electron chi connectivity index (χ0n) is 38.3. The van der Waals surface area contributed by atoms with Crippen molar-refractivity contribution in [2.24, 2.45) is 0 Å². The fourth-order valence-corrected chi connectivity index (χ4v) is 11.9. The number of para-hydroxylation sites is 6. The predicted octanol–water partition coefficient (Wildman–Crippen LogP) is 17.7. The van der Waals surface area contributed by atoms with Crippen molar-refractivity contribution in [2.45, 2.75) is 5.41 Å². The van der Waals surface area contributed by atoms with E-state index >= 15 is 0 Å². The van der Waals surface area contributed by atoms with Gasteiger partial charge < -0.3 is 14.4 Å². The first-order chi connectivity index (χ1) is 34.8. The van der Waals surface area contributed by atoms with Gasteiger partial charge in [-0.05, 0) is 129 Å². The molecule has 0 saturated carbocycles. The van der Waals surface area contributed by atoms with Crippen molar-refractivity contribution in [3.63, 3.8) is 0 Å². The molecule has 0 bridgehead atoms. The van der Waals surface area contributed by atoms with E-state index in [4.69, 9.17) is 0 Å². The zero-order chi connectivity index (χ0) is 46.2. The maximum atomic E-state index is 2.50. The fraction of sp³-hybridized carbons (Fsp3) is 0.0149. The highest BCUT2D eigenvalue weighted by atomic mass is 15.2. The topological polar surface area (TPSA) is 11.4 Å². The quantitative estimate of drug-likeness (QED) is 0.158. The molecule has 0 atom stereocenters. The Hall–Kier alpha value is -9.18. The van der Waals surface area contributed by atoms with Crippen LogP contribution in [-0.2, 0) is 5.41 Å². The Balaban J connectivity index is 0.997. The van der Waals surface area contributed by atoms with Crippen LogP contribution in [0.4, 0.5) is 34.1 Å². The Bertz CT molecular complexity index is 3840. The highest BCUT2D eigenvalue weighted by molar-refractivity contribution is 6.09. The molecule has 12 aromatic rings. The smallest absolute Gasteiger partial charge is 0.0755 e. The molecule has 0 N–H and O–H groups in total. The molecule has 3 heteroatoms. The van der Waals surface area contributed by atoms with Gasteiger partial charge in [0.15, 0.2) is 0 Å². The normalized spacial score (nSPS) is 12.9. The Labute approximate surface area is 408 Å². The van der Waals surface area contributed by atoms with Crippen LogP contribution in [-0.4, -0.2) is 4.57 Å². The minimum absolute atomic E-state index is 0.598. The fourth-order valence-electron chi connectivity index (χ4n) is 11.9. The molecule has 70 heavy (non-hydrogen) atoms. The molecule has 11 aromatic carbocycles. The summed E-state index contributed by atoms with van der Waals surface area (Å²) in [5, 5.41) is 2.50. The van der Waals surface area contributed by atoms with Crippen molar-refractivity contribution in [3.8, 4) is 39.1 Å². The lowest BCUT2D eigenvalue weighted by molar-refractivity contribution is 0.752. The number of anilines is 6. The van der Waals surface area contributed by atoms with Crippen LogP contribution in [0.2, 0.25) is 0 Å². The molecule has 328 valence electrons. The first kappa shape index (κ1) is 39.9. The average Bonchev–Trinajstić information content (AvgIpc) is 3.93. The van der Waals surface area contributed by atoms with Gasteiger partial charge in [0.05, 0.1) is 33.5 Å². The number of rotatable bonds is 7. The van der Waals surface area contributed by atoms with Crippen LogP contribution in [0.5, 0.6) is 0 Å². The summed E-state index contributed by atoms with van der Waals surface area (Å²) in [6.45, 7) is 0. The van der Waals surface area contributed by atoms with Gasteiger partial charge in [0, 0.05) is 39.1 Å². The predicted molar refractivity (Wildman–Crippen MR) is 292 cm³/mol. The van der Waals surface area contributed by atoms with Gasteiger partial charge >= 0.3 is 0 Å². The molecule has 2 heterocycles. The van der Waals surface area contributed by atoms with Crippen LogP contribution in [0, 0.1) is 0 Å². The molecule has 1 aliphatic carbocycles. The number of aromatic nitrogens is 1. The van der Waals surface area contributed by atoms with Gasteiger partial charge in [-0.25, -0.2) is 0 Å². The molecule has 1 aromatic heterocycles. The lowest BCUT2D eigenvalue weighted by atomic mass is 9.64. The molecule has 3 nitrogen and oxygen atoms in total. The summed E-state index contributed by atoms with van der Waals surface area (Å²) in [5.74, 6) is 0. The lowest BCUT2D eigenvalue weighted by Crippen LogP contribution is -2.36. The van der Waals surface area contributed by atoms with E-state index in [-0.39, 0.29) is 0 Å². The van der Waals surface area contributed by atoms with E-state index in [0.717, 1.165) is 39.6 Å². The number of benzene rings is 11. The molecule has 1 aliphatic heterocycles. The third-order valence-electron chi connectivity index (χ3n) is 14.8. The largest absolute Gasteiger partial charge is 0.310 e. The SMILES string of the molecule is c1ccc(-c2ccc(-c3ccccc3N(c3ccc(-n4c5ccccc5c5ccccc54)cc3)c3ccc4c(c3)C3(c5ccccc5-4)c4ccccc4N(c4ccccc4)c4ccccc43)cc2)cc1. The molecule has 0 fully saturated rings. The van der Waals surface area contributed by atoms with Gasteiger partial charge in [-0.1, -0.05) is 194 Å². The molecular formula is C67H45N3. The van der Waals surface area contributed by atoms with Gasteiger partial charge in [0.1, 0.15) is 0 Å². The maximum absolute atomic E-state index is 2.50. The highest BCUT2D eigenvalue weighted by Crippen LogP contribution is 2.64. The summed E-state index contributed by atoms with van der Waals surface area (Å²) in [6.07, 6.45) is 0. The molecule has 0 unspecified atom stereocenters. The van der Waals surface area contributed by atoms with Crippen molar-refractivity contribution in [1.29, 1.82) is 0 Å². The van der Waals surface area contributed by atoms with Crippen LogP contribution in [0.25, 0.3) is 60.9 Å². The third kappa shape index (κ3) is 5.95. The summed E-state index contributed by atoms with van der Waals surface area (Å²) in [4.78, 5) is 4.93. The molecule has 1 spiro atoms. The van der Waals surface area contributed by atoms with Gasteiger partial charge in [-0.3, -0.25) is 0 Å². The summed E-state index contributed by atoms with van der Waals surface area (Å²) in [7, 11) is 0. The Kier molecular flexibility index (Phi) is 9.11. The highest BCUT2D eigenvalue weighted by Gasteiger charge is 2.51. The molecule has 14 rings (SSSR count). The summed E-state index contributed by atoms with van der Waals surface area (Å²) in [5.41, 5.74) is 22.0. The Morgan fingerprint density at radius 1 is 0.300 bits per heavy atom. The van der Waals surface area contributed by atoms with E-state index in [1.165, 1.54) is 77.7 Å². The molecule has 0 amide bonds. The number of hydrogen-bond acceptors (Lipinski definition) is 2. The van der Waals surface area contributed by atoms with Crippen LogP contribution in [0.3, 0.4) is 0 Å². The van der Waals surface area contributed by atoms with Crippen molar-refractivity contribution in [3.05, 3.63) is 295 Å². The van der Waals surface area contributed by atoms with Crippen molar-refractivity contribution >= 4 is 55.9 Å². The Morgan fingerprint density at radius 3 is 1.46 bits per heavy atom. The minimum Gasteiger partial charge on any atom is -0.310 e. The second kappa shape index (κ2) is 16.0. The van der Waals surface area contributed by atoms with E-state index in [1.54, 1.807) is 0 Å². The average molecular weight is 892 g/mol. The summed E-state index contributed by atoms with van der Waals surface area (Å²) < 4.78 is 2.40. The van der Waals surface area contributed by atoms with Crippen molar-refractivity contribution in [1.82, 2.24) is 4.57 Å². The number of fused-ring (bicyclic) bond motifs is 12. The van der Waals surface area contributed by atoms with Crippen LogP contribution >= 0.6 is 0 Å². The second-order valence-corrected chi connectivity index (χ2v) is 18.4. The number of nitrogens with zero attached hydrogens (tertiary/aromatic N) is 3. The lowest BCUT2D eigenvalue weighted by Gasteiger charge is -2.45. The van der Waals surface area contributed by atoms with Crippen LogP contribution in [0.15, 0.2) is 273 Å². The van der Waals surface area contributed by atoms with Crippen molar-refractivity contribution < 1.29 is 0 Å². The van der Waals surface area contributed by atoms with E-state index in [9.17, 15) is 0 Å². The molecule has 2 aliphatic rings. The van der Waals surface area contributed by atoms with E-state index in [2.05, 4.69) is 287 Å². The van der Waals surface area contributed by atoms with E-state index < -0.39 is 5.41 Å². The summed E-state index contributed by atoms with van der Waals surface area (Å²) in [6, 6.07) is 100. The molecule has 0 saturated heterocycles. The molecular weight excluding hydrogens is 847 g/mol. The van der Waals surface area contributed by atoms with Gasteiger partial charge in [0.2, 0.25) is 0 Å². The van der Waals surface area contributed by atoms with Crippen LogP contribution in [0.1, 0.15) is 22.3 Å². The molecule has 0 radical (unpaired) electrons. The summed E-state index contributed by atoms with van der Waals surface area (Å²) >= 11 is 0. The van der Waals surface area contributed by atoms with Gasteiger partial charge in [-0.2, -0.15) is 0 Å². The zero-order valence-corrected chi connectivity index (χ0v) is 38.3. The second-order valence-electron chi connectivity index (χ2n) is 18.4. The van der Waals surface area contributed by atoms with Gasteiger partial charge in [0.25, 0.3) is 0 Å². The maximum Gasteiger partial charge on any atom is 0.0755 e. The van der Waals surface area contributed by atoms with E-state index in [0.29, 0.717) is 0 Å². The first-order valence-electron chi connectivity index (χ1n) is 24.2. The van der Waals surface area contributed by atoms with Gasteiger partial charge in [-0.15, -0.1) is 0 Å². The standard InChI is InChI=1S/C67H45N3/c1-3-19-46(20-4-1)47-35-37-48(38-36-47)53-23-8-14-30-62(53)68(50-39-41-51(42-40-50)69-63-31-15-9-25-56(63)57-26-10-16-32-64(57)69)52-43-44-55-54-24-7-11-27-58(54)67(61(55)45-52)59-28-12-17-33-65(59)70(49-21-5-2-6-22-49)66-34-18-13-29-60(66)67/h1-45H. The van der Waals surface area contributed by atoms with E-state index in [1.807, 2.05) is 0 Å².